The molecule has 94 valence electrons. The van der Waals surface area contributed by atoms with Crippen molar-refractivity contribution in [3.63, 3.8) is 0 Å². The minimum Gasteiger partial charge on any atom is -0.376 e. The lowest BCUT2D eigenvalue weighted by Gasteiger charge is -2.26. The highest BCUT2D eigenvalue weighted by molar-refractivity contribution is 5.27. The van der Waals surface area contributed by atoms with Gasteiger partial charge in [0.05, 0.1) is 12.1 Å². The Morgan fingerprint density at radius 1 is 1.47 bits per heavy atom. The van der Waals surface area contributed by atoms with Crippen LogP contribution in [0.3, 0.4) is 0 Å². The monoisotopic (exact) mass is 237 g/mol. The molecule has 1 aromatic rings. The molecule has 3 atom stereocenters. The Balaban J connectivity index is 2.25. The van der Waals surface area contributed by atoms with Crippen molar-refractivity contribution >= 4 is 0 Å². The van der Waals surface area contributed by atoms with Crippen molar-refractivity contribution in [3.8, 4) is 0 Å². The van der Waals surface area contributed by atoms with Crippen molar-refractivity contribution in [1.29, 1.82) is 0 Å². The first-order chi connectivity index (χ1) is 8.13. The van der Waals surface area contributed by atoms with Gasteiger partial charge in [0, 0.05) is 6.61 Å². The summed E-state index contributed by atoms with van der Waals surface area (Å²) in [5, 5.41) is 3.29. The van der Waals surface area contributed by atoms with Crippen molar-refractivity contribution in [3.05, 3.63) is 35.1 Å². The van der Waals surface area contributed by atoms with E-state index in [1.807, 2.05) is 19.2 Å². The van der Waals surface area contributed by atoms with E-state index in [0.717, 1.165) is 18.6 Å². The maximum atomic E-state index is 13.3. The summed E-state index contributed by atoms with van der Waals surface area (Å²) in [6.45, 7) is 4.83. The molecule has 0 aliphatic carbocycles. The molecule has 17 heavy (non-hydrogen) atoms. The fraction of sp³-hybridized carbons (Fsp3) is 0.571. The van der Waals surface area contributed by atoms with Crippen molar-refractivity contribution in [1.82, 2.24) is 5.32 Å². The van der Waals surface area contributed by atoms with Crippen molar-refractivity contribution < 1.29 is 9.13 Å². The second-order valence-corrected chi connectivity index (χ2v) is 4.88. The highest BCUT2D eigenvalue weighted by Crippen LogP contribution is 2.31. The van der Waals surface area contributed by atoms with Gasteiger partial charge in [0.1, 0.15) is 5.82 Å². The van der Waals surface area contributed by atoms with Crippen LogP contribution < -0.4 is 5.32 Å². The molecule has 1 N–H and O–H groups in total. The van der Waals surface area contributed by atoms with Crippen LogP contribution in [0.5, 0.6) is 0 Å². The molecule has 2 nitrogen and oxygen atoms in total. The van der Waals surface area contributed by atoms with E-state index < -0.39 is 0 Å². The van der Waals surface area contributed by atoms with Gasteiger partial charge >= 0.3 is 0 Å². The Kier molecular flexibility index (Phi) is 3.79. The first-order valence-corrected chi connectivity index (χ1v) is 6.18. The van der Waals surface area contributed by atoms with Gasteiger partial charge in [0.25, 0.3) is 0 Å². The summed E-state index contributed by atoms with van der Waals surface area (Å²) >= 11 is 0. The topological polar surface area (TPSA) is 21.3 Å². The predicted molar refractivity (Wildman–Crippen MR) is 66.5 cm³/mol. The molecule has 1 aliphatic rings. The lowest BCUT2D eigenvalue weighted by atomic mass is 9.92. The van der Waals surface area contributed by atoms with E-state index in [0.29, 0.717) is 11.5 Å². The summed E-state index contributed by atoms with van der Waals surface area (Å²) < 4.78 is 19.1. The smallest absolute Gasteiger partial charge is 0.126 e. The molecule has 1 fully saturated rings. The first-order valence-electron chi connectivity index (χ1n) is 6.18. The molecule has 1 saturated heterocycles. The number of nitrogens with one attached hydrogen (secondary N) is 1. The molecule has 0 radical (unpaired) electrons. The van der Waals surface area contributed by atoms with E-state index in [2.05, 4.69) is 12.2 Å². The van der Waals surface area contributed by atoms with Gasteiger partial charge in [-0.2, -0.15) is 0 Å². The normalized spacial score (nSPS) is 26.1. The van der Waals surface area contributed by atoms with Crippen LogP contribution in [0.2, 0.25) is 0 Å². The first kappa shape index (κ1) is 12.5. The number of hydrogen-bond acceptors (Lipinski definition) is 2. The lowest BCUT2D eigenvalue weighted by molar-refractivity contribution is 0.0631. The van der Waals surface area contributed by atoms with Crippen molar-refractivity contribution in [2.45, 2.75) is 32.4 Å². The Hall–Kier alpha value is -0.930. The van der Waals surface area contributed by atoms with Crippen LogP contribution in [-0.4, -0.2) is 19.8 Å². The van der Waals surface area contributed by atoms with Crippen molar-refractivity contribution in [2.75, 3.05) is 13.7 Å². The van der Waals surface area contributed by atoms with Gasteiger partial charge in [-0.1, -0.05) is 19.1 Å². The summed E-state index contributed by atoms with van der Waals surface area (Å²) in [6, 6.07) is 5.43. The van der Waals surface area contributed by atoms with Gasteiger partial charge in [-0.05, 0) is 43.5 Å². The third-order valence-corrected chi connectivity index (χ3v) is 3.62. The number of halogens is 1. The van der Waals surface area contributed by atoms with Crippen LogP contribution in [0.4, 0.5) is 4.39 Å². The largest absolute Gasteiger partial charge is 0.376 e. The van der Waals surface area contributed by atoms with Crippen molar-refractivity contribution in [2.24, 2.45) is 5.92 Å². The molecular weight excluding hydrogens is 217 g/mol. The number of hydrogen-bond donors (Lipinski definition) is 1. The van der Waals surface area contributed by atoms with Gasteiger partial charge in [-0.15, -0.1) is 0 Å². The average Bonchev–Trinajstić information content (AvgIpc) is 2.71. The van der Waals surface area contributed by atoms with E-state index >= 15 is 0 Å². The van der Waals surface area contributed by atoms with Crippen LogP contribution in [0.15, 0.2) is 18.2 Å². The second kappa shape index (κ2) is 5.15. The minimum atomic E-state index is -0.149. The summed E-state index contributed by atoms with van der Waals surface area (Å²) in [5.74, 6) is 0.391. The Morgan fingerprint density at radius 2 is 2.24 bits per heavy atom. The molecule has 1 aromatic carbocycles. The fourth-order valence-corrected chi connectivity index (χ4v) is 2.53. The Bertz CT molecular complexity index is 394. The lowest BCUT2D eigenvalue weighted by Crippen LogP contribution is -2.32. The maximum Gasteiger partial charge on any atom is 0.126 e. The third kappa shape index (κ3) is 2.50. The number of aryl methyl sites for hydroxylation is 1. The van der Waals surface area contributed by atoms with E-state index in [1.165, 1.54) is 6.07 Å². The zero-order valence-electron chi connectivity index (χ0n) is 10.7. The Morgan fingerprint density at radius 3 is 2.76 bits per heavy atom. The van der Waals surface area contributed by atoms with E-state index in [-0.39, 0.29) is 18.0 Å². The van der Waals surface area contributed by atoms with Gasteiger partial charge in [0.15, 0.2) is 0 Å². The molecule has 0 amide bonds. The zero-order chi connectivity index (χ0) is 12.4. The third-order valence-electron chi connectivity index (χ3n) is 3.62. The molecule has 1 heterocycles. The zero-order valence-corrected chi connectivity index (χ0v) is 10.7. The predicted octanol–water partition coefficient (Wildman–Crippen LogP) is 2.82. The SMILES string of the molecule is CNC(c1ccc(F)c(C)c1)C1OCCC1C. The Labute approximate surface area is 102 Å². The molecule has 0 bridgehead atoms. The van der Waals surface area contributed by atoms with Crippen LogP contribution in [0.25, 0.3) is 0 Å². The minimum absolute atomic E-state index is 0.145. The van der Waals surface area contributed by atoms with Gasteiger partial charge in [-0.25, -0.2) is 4.39 Å². The van der Waals surface area contributed by atoms with Gasteiger partial charge < -0.3 is 10.1 Å². The van der Waals surface area contributed by atoms with Crippen LogP contribution in [-0.2, 0) is 4.74 Å². The molecule has 0 spiro atoms. The highest BCUT2D eigenvalue weighted by atomic mass is 19.1. The summed E-state index contributed by atoms with van der Waals surface area (Å²) in [6.07, 6.45) is 1.29. The van der Waals surface area contributed by atoms with E-state index in [4.69, 9.17) is 4.74 Å². The summed E-state index contributed by atoms with van der Waals surface area (Å²) in [5.41, 5.74) is 1.79. The highest BCUT2D eigenvalue weighted by Gasteiger charge is 2.32. The molecule has 0 saturated carbocycles. The molecule has 1 aliphatic heterocycles. The molecule has 2 rings (SSSR count). The van der Waals surface area contributed by atoms with Crippen LogP contribution in [0, 0.1) is 18.7 Å². The van der Waals surface area contributed by atoms with E-state index in [1.54, 1.807) is 6.92 Å². The van der Waals surface area contributed by atoms with Gasteiger partial charge in [0.2, 0.25) is 0 Å². The van der Waals surface area contributed by atoms with Crippen LogP contribution in [0.1, 0.15) is 30.5 Å². The average molecular weight is 237 g/mol. The maximum absolute atomic E-state index is 13.3. The molecule has 3 unspecified atom stereocenters. The number of ether oxygens (including phenoxy) is 1. The number of rotatable bonds is 3. The van der Waals surface area contributed by atoms with Gasteiger partial charge in [-0.3, -0.25) is 0 Å². The summed E-state index contributed by atoms with van der Waals surface area (Å²) in [4.78, 5) is 0. The molecule has 3 heteroatoms. The fourth-order valence-electron chi connectivity index (χ4n) is 2.53. The molecule has 0 aromatic heterocycles. The second-order valence-electron chi connectivity index (χ2n) is 4.88. The number of benzene rings is 1. The molecular formula is C14H20FNO. The standard InChI is InChI=1S/C14H20FNO/c1-9-6-7-17-14(9)13(16-3)11-4-5-12(15)10(2)8-11/h4-5,8-9,13-14,16H,6-7H2,1-3H3. The van der Waals surface area contributed by atoms with E-state index in [9.17, 15) is 4.39 Å². The number of likely N-dealkylation sites (N-methyl/N-ethyl adjacent to an activating group) is 1. The summed E-state index contributed by atoms with van der Waals surface area (Å²) in [7, 11) is 1.93. The quantitative estimate of drug-likeness (QED) is 0.872. The van der Waals surface area contributed by atoms with Crippen LogP contribution >= 0.6 is 0 Å².